The number of rotatable bonds is 8. The van der Waals surface area contributed by atoms with E-state index >= 15 is 0 Å². The van der Waals surface area contributed by atoms with Crippen molar-refractivity contribution < 1.29 is 9.59 Å². The number of pyridine rings is 1. The van der Waals surface area contributed by atoms with Gasteiger partial charge in [-0.2, -0.15) is 5.10 Å². The zero-order valence-electron chi connectivity index (χ0n) is 18.9. The fourth-order valence-electron chi connectivity index (χ4n) is 3.77. The molecule has 0 atom stereocenters. The van der Waals surface area contributed by atoms with E-state index in [-0.39, 0.29) is 18.4 Å². The van der Waals surface area contributed by atoms with Crippen LogP contribution < -0.4 is 5.32 Å². The molecule has 0 aliphatic rings. The minimum absolute atomic E-state index is 0.0775. The Kier molecular flexibility index (Phi) is 6.78. The van der Waals surface area contributed by atoms with Gasteiger partial charge in [0.2, 0.25) is 5.91 Å². The van der Waals surface area contributed by atoms with Crippen LogP contribution in [-0.2, 0) is 17.9 Å². The standard InChI is InChI=1S/C26H27N5O2/c1-3-30(18-19-11-7-5-8-12-19)24(32)17-27-26(33)21-15-23(20-13-9-6-10-14-20)29-25-22(21)16-28-31(25)4-2/h5-16H,3-4,17-18H2,1-2H3,(H,27,33). The minimum Gasteiger partial charge on any atom is -0.343 e. The number of carbonyl (C=O) groups excluding carboxylic acids is 2. The quantitative estimate of drug-likeness (QED) is 0.450. The van der Waals surface area contributed by atoms with Gasteiger partial charge in [-0.05, 0) is 25.5 Å². The van der Waals surface area contributed by atoms with Crippen molar-refractivity contribution in [2.24, 2.45) is 0 Å². The average molecular weight is 442 g/mol. The van der Waals surface area contributed by atoms with E-state index in [9.17, 15) is 9.59 Å². The third kappa shape index (κ3) is 4.92. The first kappa shape index (κ1) is 22.2. The van der Waals surface area contributed by atoms with Gasteiger partial charge in [0.1, 0.15) is 0 Å². The van der Waals surface area contributed by atoms with Crippen molar-refractivity contribution in [1.29, 1.82) is 0 Å². The van der Waals surface area contributed by atoms with Crippen LogP contribution in [0.1, 0.15) is 29.8 Å². The minimum atomic E-state index is -0.320. The van der Waals surface area contributed by atoms with Crippen molar-refractivity contribution in [2.75, 3.05) is 13.1 Å². The van der Waals surface area contributed by atoms with Crippen molar-refractivity contribution >= 4 is 22.8 Å². The van der Waals surface area contributed by atoms with Crippen LogP contribution in [-0.4, -0.2) is 44.6 Å². The normalized spacial score (nSPS) is 10.8. The molecule has 7 heteroatoms. The number of amides is 2. The maximum Gasteiger partial charge on any atom is 0.252 e. The molecule has 0 aliphatic carbocycles. The monoisotopic (exact) mass is 441 g/mol. The maximum absolute atomic E-state index is 13.2. The average Bonchev–Trinajstić information content (AvgIpc) is 3.29. The molecule has 168 valence electrons. The topological polar surface area (TPSA) is 80.1 Å². The predicted octanol–water partition coefficient (Wildman–Crippen LogP) is 3.90. The molecule has 0 fully saturated rings. The predicted molar refractivity (Wildman–Crippen MR) is 129 cm³/mol. The number of aryl methyl sites for hydroxylation is 1. The Morgan fingerprint density at radius 1 is 1.00 bits per heavy atom. The number of carbonyl (C=O) groups is 2. The molecule has 2 heterocycles. The zero-order chi connectivity index (χ0) is 23.2. The first-order valence-corrected chi connectivity index (χ1v) is 11.1. The fourth-order valence-corrected chi connectivity index (χ4v) is 3.77. The summed E-state index contributed by atoms with van der Waals surface area (Å²) in [5, 5.41) is 7.84. The second-order valence-electron chi connectivity index (χ2n) is 7.69. The first-order chi connectivity index (χ1) is 16.1. The van der Waals surface area contributed by atoms with E-state index in [1.165, 1.54) is 0 Å². The second-order valence-corrected chi connectivity index (χ2v) is 7.69. The van der Waals surface area contributed by atoms with Crippen LogP contribution >= 0.6 is 0 Å². The van der Waals surface area contributed by atoms with E-state index in [1.807, 2.05) is 74.5 Å². The lowest BCUT2D eigenvalue weighted by Gasteiger charge is -2.21. The van der Waals surface area contributed by atoms with Gasteiger partial charge in [0, 0.05) is 25.2 Å². The molecule has 33 heavy (non-hydrogen) atoms. The Labute approximate surface area is 193 Å². The Morgan fingerprint density at radius 2 is 1.70 bits per heavy atom. The molecule has 0 unspecified atom stereocenters. The Hall–Kier alpha value is -4.00. The van der Waals surface area contributed by atoms with Crippen molar-refractivity contribution in [2.45, 2.75) is 26.9 Å². The van der Waals surface area contributed by atoms with Gasteiger partial charge >= 0.3 is 0 Å². The number of fused-ring (bicyclic) bond motifs is 1. The summed E-state index contributed by atoms with van der Waals surface area (Å²) in [6.07, 6.45) is 1.66. The summed E-state index contributed by atoms with van der Waals surface area (Å²) >= 11 is 0. The van der Waals surface area contributed by atoms with Gasteiger partial charge < -0.3 is 10.2 Å². The first-order valence-electron chi connectivity index (χ1n) is 11.1. The van der Waals surface area contributed by atoms with E-state index in [0.717, 1.165) is 11.1 Å². The molecule has 2 amide bonds. The Morgan fingerprint density at radius 3 is 2.36 bits per heavy atom. The summed E-state index contributed by atoms with van der Waals surface area (Å²) in [4.78, 5) is 32.4. The molecule has 2 aromatic heterocycles. The summed E-state index contributed by atoms with van der Waals surface area (Å²) in [6.45, 7) is 5.54. The third-order valence-electron chi connectivity index (χ3n) is 5.57. The summed E-state index contributed by atoms with van der Waals surface area (Å²) in [7, 11) is 0. The number of nitrogens with one attached hydrogen (secondary N) is 1. The summed E-state index contributed by atoms with van der Waals surface area (Å²) < 4.78 is 1.77. The second kappa shape index (κ2) is 10.1. The molecule has 0 bridgehead atoms. The largest absolute Gasteiger partial charge is 0.343 e. The molecule has 4 aromatic rings. The lowest BCUT2D eigenvalue weighted by Crippen LogP contribution is -2.39. The van der Waals surface area contributed by atoms with Crippen molar-refractivity contribution in [1.82, 2.24) is 25.0 Å². The highest BCUT2D eigenvalue weighted by molar-refractivity contribution is 6.07. The van der Waals surface area contributed by atoms with E-state index in [1.54, 1.807) is 21.8 Å². The van der Waals surface area contributed by atoms with Crippen LogP contribution in [0.2, 0.25) is 0 Å². The summed E-state index contributed by atoms with van der Waals surface area (Å²) in [5.41, 5.74) is 3.75. The molecule has 1 N–H and O–H groups in total. The van der Waals surface area contributed by atoms with Gasteiger partial charge in [-0.25, -0.2) is 9.67 Å². The van der Waals surface area contributed by atoms with Crippen LogP contribution in [0.15, 0.2) is 72.9 Å². The molecular formula is C26H27N5O2. The number of likely N-dealkylation sites (N-methyl/N-ethyl adjacent to an activating group) is 1. The van der Waals surface area contributed by atoms with Crippen LogP contribution in [0.5, 0.6) is 0 Å². The van der Waals surface area contributed by atoms with Crippen LogP contribution in [0.3, 0.4) is 0 Å². The zero-order valence-corrected chi connectivity index (χ0v) is 18.9. The molecular weight excluding hydrogens is 414 g/mol. The summed E-state index contributed by atoms with van der Waals surface area (Å²) in [6, 6.07) is 21.3. The van der Waals surface area contributed by atoms with Crippen LogP contribution in [0.25, 0.3) is 22.3 Å². The number of hydrogen-bond donors (Lipinski definition) is 1. The van der Waals surface area contributed by atoms with Crippen molar-refractivity contribution in [3.05, 3.63) is 84.1 Å². The molecule has 0 spiro atoms. The number of hydrogen-bond acceptors (Lipinski definition) is 4. The maximum atomic E-state index is 13.2. The van der Waals surface area contributed by atoms with E-state index < -0.39 is 0 Å². The lowest BCUT2D eigenvalue weighted by atomic mass is 10.1. The molecule has 2 aromatic carbocycles. The number of benzene rings is 2. The highest BCUT2D eigenvalue weighted by Crippen LogP contribution is 2.25. The van der Waals surface area contributed by atoms with Gasteiger partial charge in [0.15, 0.2) is 5.65 Å². The number of aromatic nitrogens is 3. The molecule has 7 nitrogen and oxygen atoms in total. The van der Waals surface area contributed by atoms with Crippen molar-refractivity contribution in [3.8, 4) is 11.3 Å². The molecule has 4 rings (SSSR count). The van der Waals surface area contributed by atoms with Crippen LogP contribution in [0, 0.1) is 0 Å². The van der Waals surface area contributed by atoms with E-state index in [4.69, 9.17) is 4.98 Å². The summed E-state index contributed by atoms with van der Waals surface area (Å²) in [5.74, 6) is -0.452. The SMILES string of the molecule is CCN(Cc1ccccc1)C(=O)CNC(=O)c1cc(-c2ccccc2)nc2c1cnn2CC. The van der Waals surface area contributed by atoms with E-state index in [2.05, 4.69) is 10.4 Å². The molecule has 0 saturated heterocycles. The molecule has 0 saturated carbocycles. The van der Waals surface area contributed by atoms with Gasteiger partial charge in [0.05, 0.1) is 29.4 Å². The van der Waals surface area contributed by atoms with Crippen LogP contribution in [0.4, 0.5) is 0 Å². The lowest BCUT2D eigenvalue weighted by molar-refractivity contribution is -0.130. The highest BCUT2D eigenvalue weighted by Gasteiger charge is 2.19. The highest BCUT2D eigenvalue weighted by atomic mass is 16.2. The van der Waals surface area contributed by atoms with Gasteiger partial charge in [-0.15, -0.1) is 0 Å². The van der Waals surface area contributed by atoms with Gasteiger partial charge in [0.25, 0.3) is 5.91 Å². The van der Waals surface area contributed by atoms with E-state index in [0.29, 0.717) is 41.9 Å². The smallest absolute Gasteiger partial charge is 0.252 e. The van der Waals surface area contributed by atoms with Crippen molar-refractivity contribution in [3.63, 3.8) is 0 Å². The van der Waals surface area contributed by atoms with Gasteiger partial charge in [-0.3, -0.25) is 9.59 Å². The number of nitrogens with zero attached hydrogens (tertiary/aromatic N) is 4. The third-order valence-corrected chi connectivity index (χ3v) is 5.57. The van der Waals surface area contributed by atoms with Gasteiger partial charge in [-0.1, -0.05) is 60.7 Å². The molecule has 0 aliphatic heterocycles. The molecule has 0 radical (unpaired) electrons. The Balaban J connectivity index is 1.56. The fraction of sp³-hybridized carbons (Fsp3) is 0.231. The Bertz CT molecular complexity index is 1250.